The fraction of sp³-hybridized carbons (Fsp3) is 0.0714. The zero-order valence-corrected chi connectivity index (χ0v) is 10.7. The van der Waals surface area contributed by atoms with E-state index in [2.05, 4.69) is 4.98 Å². The van der Waals surface area contributed by atoms with Gasteiger partial charge in [-0.05, 0) is 37.3 Å². The summed E-state index contributed by atoms with van der Waals surface area (Å²) in [5.41, 5.74) is 7.46. The molecule has 0 aliphatic carbocycles. The summed E-state index contributed by atoms with van der Waals surface area (Å²) in [5, 5.41) is 2.01. The number of hydrogen-bond donors (Lipinski definition) is 1. The molecule has 0 unspecified atom stereocenters. The highest BCUT2D eigenvalue weighted by Crippen LogP contribution is 2.30. The predicted octanol–water partition coefficient (Wildman–Crippen LogP) is 3.87. The monoisotopic (exact) mass is 256 g/mol. The third-order valence-corrected chi connectivity index (χ3v) is 3.79. The number of anilines is 1. The first-order chi connectivity index (χ1) is 8.72. The average Bonchev–Trinajstić information content (AvgIpc) is 2.75. The quantitative estimate of drug-likeness (QED) is 0.707. The lowest BCUT2D eigenvalue weighted by atomic mass is 10.2. The number of nitrogens with two attached hydrogens (primary N) is 1. The first-order valence-electron chi connectivity index (χ1n) is 5.60. The van der Waals surface area contributed by atoms with E-state index in [0.717, 1.165) is 32.3 Å². The van der Waals surface area contributed by atoms with E-state index in [1.54, 1.807) is 18.0 Å². The van der Waals surface area contributed by atoms with Crippen LogP contribution in [0.4, 0.5) is 5.69 Å². The van der Waals surface area contributed by atoms with E-state index in [1.807, 2.05) is 43.3 Å². The Labute approximate surface area is 109 Å². The first kappa shape index (κ1) is 11.2. The van der Waals surface area contributed by atoms with Gasteiger partial charge in [-0.25, -0.2) is 4.98 Å². The number of aryl methyl sites for hydroxylation is 1. The van der Waals surface area contributed by atoms with Gasteiger partial charge >= 0.3 is 0 Å². The molecule has 0 radical (unpaired) electrons. The van der Waals surface area contributed by atoms with Gasteiger partial charge in [-0.1, -0.05) is 17.8 Å². The summed E-state index contributed by atoms with van der Waals surface area (Å²) in [6.07, 6.45) is 1.69. The molecule has 2 N–H and O–H groups in total. The average molecular weight is 256 g/mol. The summed E-state index contributed by atoms with van der Waals surface area (Å²) in [5.74, 6) is 0.916. The number of rotatable bonds is 2. The van der Waals surface area contributed by atoms with Gasteiger partial charge in [0.25, 0.3) is 0 Å². The van der Waals surface area contributed by atoms with Crippen molar-refractivity contribution >= 4 is 28.4 Å². The molecule has 1 aromatic carbocycles. The minimum Gasteiger partial charge on any atom is -0.468 e. The number of pyridine rings is 1. The van der Waals surface area contributed by atoms with Crippen LogP contribution in [0.25, 0.3) is 10.9 Å². The normalized spacial score (nSPS) is 10.9. The van der Waals surface area contributed by atoms with Crippen LogP contribution in [0.5, 0.6) is 0 Å². The Hall–Kier alpha value is -1.94. The second-order valence-corrected chi connectivity index (χ2v) is 5.11. The second-order valence-electron chi connectivity index (χ2n) is 4.04. The van der Waals surface area contributed by atoms with Crippen molar-refractivity contribution in [2.24, 2.45) is 0 Å². The van der Waals surface area contributed by atoms with Gasteiger partial charge in [0.05, 0.1) is 16.7 Å². The molecule has 3 rings (SSSR count). The third kappa shape index (κ3) is 2.07. The lowest BCUT2D eigenvalue weighted by molar-refractivity contribution is 0.527. The largest absolute Gasteiger partial charge is 0.468 e. The van der Waals surface area contributed by atoms with Crippen molar-refractivity contribution in [2.75, 3.05) is 5.73 Å². The highest BCUT2D eigenvalue weighted by Gasteiger charge is 2.05. The molecule has 0 atom stereocenters. The van der Waals surface area contributed by atoms with Gasteiger partial charge in [0.15, 0.2) is 0 Å². The number of nitrogen functional groups attached to an aromatic ring is 1. The standard InChI is InChI=1S/C14H12N2OS/c1-9-13(6-7-17-9)18-14-5-2-10-8-11(15)3-4-12(10)16-14/h2-8H,15H2,1H3. The molecule has 18 heavy (non-hydrogen) atoms. The van der Waals surface area contributed by atoms with Crippen LogP contribution in [-0.2, 0) is 0 Å². The van der Waals surface area contributed by atoms with Crippen LogP contribution in [0.15, 0.2) is 57.0 Å². The molecule has 0 spiro atoms. The number of nitrogens with zero attached hydrogens (tertiary/aromatic N) is 1. The Morgan fingerprint density at radius 2 is 2.06 bits per heavy atom. The zero-order valence-electron chi connectivity index (χ0n) is 9.88. The second kappa shape index (κ2) is 4.38. The molecule has 0 fully saturated rings. The maximum absolute atomic E-state index is 5.75. The van der Waals surface area contributed by atoms with E-state index >= 15 is 0 Å². The van der Waals surface area contributed by atoms with Gasteiger partial charge in [-0.15, -0.1) is 0 Å². The van der Waals surface area contributed by atoms with Crippen molar-refractivity contribution in [3.05, 3.63) is 48.4 Å². The maximum atomic E-state index is 5.75. The van der Waals surface area contributed by atoms with E-state index in [-0.39, 0.29) is 0 Å². The van der Waals surface area contributed by atoms with Gasteiger partial charge in [-0.3, -0.25) is 0 Å². The first-order valence-corrected chi connectivity index (χ1v) is 6.42. The number of benzene rings is 1. The van der Waals surface area contributed by atoms with Gasteiger partial charge in [0.1, 0.15) is 10.8 Å². The van der Waals surface area contributed by atoms with Crippen LogP contribution in [0.2, 0.25) is 0 Å². The molecule has 2 aromatic heterocycles. The molecule has 2 heterocycles. The van der Waals surface area contributed by atoms with E-state index in [1.165, 1.54) is 0 Å². The fourth-order valence-electron chi connectivity index (χ4n) is 1.77. The van der Waals surface area contributed by atoms with Gasteiger partial charge in [-0.2, -0.15) is 0 Å². The third-order valence-electron chi connectivity index (χ3n) is 2.71. The molecule has 0 aliphatic rings. The van der Waals surface area contributed by atoms with Gasteiger partial charge in [0, 0.05) is 11.1 Å². The van der Waals surface area contributed by atoms with Crippen LogP contribution in [0.3, 0.4) is 0 Å². The summed E-state index contributed by atoms with van der Waals surface area (Å²) >= 11 is 1.60. The Bertz CT molecular complexity index is 706. The van der Waals surface area contributed by atoms with E-state index in [9.17, 15) is 0 Å². The molecule has 0 amide bonds. The highest BCUT2D eigenvalue weighted by molar-refractivity contribution is 7.99. The van der Waals surface area contributed by atoms with Crippen molar-refractivity contribution in [2.45, 2.75) is 16.8 Å². The van der Waals surface area contributed by atoms with E-state index in [0.29, 0.717) is 0 Å². The highest BCUT2D eigenvalue weighted by atomic mass is 32.2. The maximum Gasteiger partial charge on any atom is 0.114 e. The lowest BCUT2D eigenvalue weighted by Gasteiger charge is -2.02. The minimum absolute atomic E-state index is 0.760. The van der Waals surface area contributed by atoms with E-state index in [4.69, 9.17) is 10.2 Å². The fourth-order valence-corrected chi connectivity index (χ4v) is 2.59. The summed E-state index contributed by atoms with van der Waals surface area (Å²) < 4.78 is 5.27. The molecule has 0 bridgehead atoms. The smallest absolute Gasteiger partial charge is 0.114 e. The molecule has 0 aliphatic heterocycles. The number of furan rings is 1. The lowest BCUT2D eigenvalue weighted by Crippen LogP contribution is -1.87. The van der Waals surface area contributed by atoms with Crippen molar-refractivity contribution in [3.63, 3.8) is 0 Å². The van der Waals surface area contributed by atoms with Crippen LogP contribution >= 0.6 is 11.8 Å². The Morgan fingerprint density at radius 1 is 1.17 bits per heavy atom. The van der Waals surface area contributed by atoms with Gasteiger partial charge < -0.3 is 10.2 Å². The molecule has 0 saturated carbocycles. The van der Waals surface area contributed by atoms with E-state index < -0.39 is 0 Å². The van der Waals surface area contributed by atoms with Crippen LogP contribution < -0.4 is 5.73 Å². The molecule has 0 saturated heterocycles. The van der Waals surface area contributed by atoms with Gasteiger partial charge in [0.2, 0.25) is 0 Å². The van der Waals surface area contributed by atoms with Crippen molar-refractivity contribution in [1.29, 1.82) is 0 Å². The summed E-state index contributed by atoms with van der Waals surface area (Å²) in [6.45, 7) is 1.95. The SMILES string of the molecule is Cc1occc1Sc1ccc2cc(N)ccc2n1. The molecule has 3 aromatic rings. The summed E-state index contributed by atoms with van der Waals surface area (Å²) in [7, 11) is 0. The van der Waals surface area contributed by atoms with Crippen molar-refractivity contribution in [1.82, 2.24) is 4.98 Å². The van der Waals surface area contributed by atoms with Crippen LogP contribution in [-0.4, -0.2) is 4.98 Å². The number of fused-ring (bicyclic) bond motifs is 1. The molecule has 3 nitrogen and oxygen atoms in total. The summed E-state index contributed by atoms with van der Waals surface area (Å²) in [6, 6.07) is 11.7. The molecular weight excluding hydrogens is 244 g/mol. The number of hydrogen-bond acceptors (Lipinski definition) is 4. The van der Waals surface area contributed by atoms with Crippen LogP contribution in [0.1, 0.15) is 5.76 Å². The Balaban J connectivity index is 1.99. The summed E-state index contributed by atoms with van der Waals surface area (Å²) in [4.78, 5) is 5.69. The topological polar surface area (TPSA) is 52.0 Å². The van der Waals surface area contributed by atoms with Crippen molar-refractivity contribution < 1.29 is 4.42 Å². The predicted molar refractivity (Wildman–Crippen MR) is 73.7 cm³/mol. The minimum atomic E-state index is 0.760. The zero-order chi connectivity index (χ0) is 12.5. The molecule has 4 heteroatoms. The number of aromatic nitrogens is 1. The molecule has 90 valence electrons. The van der Waals surface area contributed by atoms with Crippen LogP contribution in [0, 0.1) is 6.92 Å². The Kier molecular flexibility index (Phi) is 2.72. The Morgan fingerprint density at radius 3 is 2.83 bits per heavy atom. The molecular formula is C14H12N2OS. The van der Waals surface area contributed by atoms with Crippen molar-refractivity contribution in [3.8, 4) is 0 Å².